The SMILES string of the molecule is CN(C(=O)c1cc(-c2ccc(F)cc2)nc2ccccc12)C1CCCCC1. The molecule has 0 atom stereocenters. The van der Waals surface area contributed by atoms with Crippen molar-refractivity contribution < 1.29 is 9.18 Å². The lowest BCUT2D eigenvalue weighted by atomic mass is 9.93. The van der Waals surface area contributed by atoms with Crippen LogP contribution >= 0.6 is 0 Å². The molecule has 3 aromatic rings. The fourth-order valence-corrected chi connectivity index (χ4v) is 3.95. The van der Waals surface area contributed by atoms with Crippen LogP contribution in [0.4, 0.5) is 4.39 Å². The molecule has 1 aliphatic carbocycles. The van der Waals surface area contributed by atoms with Crippen LogP contribution in [0.5, 0.6) is 0 Å². The average Bonchev–Trinajstić information content (AvgIpc) is 2.73. The van der Waals surface area contributed by atoms with Gasteiger partial charge in [-0.25, -0.2) is 9.37 Å². The summed E-state index contributed by atoms with van der Waals surface area (Å²) < 4.78 is 13.3. The summed E-state index contributed by atoms with van der Waals surface area (Å²) in [5.41, 5.74) is 2.93. The predicted molar refractivity (Wildman–Crippen MR) is 106 cm³/mol. The van der Waals surface area contributed by atoms with Crippen LogP contribution in [0.3, 0.4) is 0 Å². The zero-order valence-electron chi connectivity index (χ0n) is 15.5. The van der Waals surface area contributed by atoms with E-state index in [1.165, 1.54) is 31.4 Å². The Bertz CT molecular complexity index is 962. The quantitative estimate of drug-likeness (QED) is 0.621. The van der Waals surface area contributed by atoms with Crippen molar-refractivity contribution in [1.29, 1.82) is 0 Å². The molecule has 2 aromatic carbocycles. The van der Waals surface area contributed by atoms with E-state index >= 15 is 0 Å². The predicted octanol–water partition coefficient (Wildman–Crippen LogP) is 5.45. The standard InChI is InChI=1S/C23H23FN2O/c1-26(18-7-3-2-4-8-18)23(27)20-15-22(16-11-13-17(24)14-12-16)25-21-10-6-5-9-19(20)21/h5-6,9-15,18H,2-4,7-8H2,1H3. The third kappa shape index (κ3) is 3.57. The van der Waals surface area contributed by atoms with E-state index in [2.05, 4.69) is 0 Å². The normalized spacial score (nSPS) is 15.0. The van der Waals surface area contributed by atoms with Crippen molar-refractivity contribution >= 4 is 16.8 Å². The van der Waals surface area contributed by atoms with Crippen LogP contribution in [-0.4, -0.2) is 28.9 Å². The van der Waals surface area contributed by atoms with E-state index in [9.17, 15) is 9.18 Å². The largest absolute Gasteiger partial charge is 0.339 e. The molecule has 3 nitrogen and oxygen atoms in total. The average molecular weight is 362 g/mol. The van der Waals surface area contributed by atoms with Gasteiger partial charge in [0.25, 0.3) is 5.91 Å². The Labute approximate surface area is 158 Å². The number of para-hydroxylation sites is 1. The van der Waals surface area contributed by atoms with Crippen LogP contribution in [0.15, 0.2) is 54.6 Å². The van der Waals surface area contributed by atoms with Crippen molar-refractivity contribution in [3.05, 3.63) is 66.0 Å². The number of pyridine rings is 1. The van der Waals surface area contributed by atoms with Crippen LogP contribution in [0.2, 0.25) is 0 Å². The van der Waals surface area contributed by atoms with E-state index in [0.29, 0.717) is 17.3 Å². The molecule has 0 unspecified atom stereocenters. The second kappa shape index (κ2) is 7.47. The highest BCUT2D eigenvalue weighted by Crippen LogP contribution is 2.28. The minimum atomic E-state index is -0.284. The Hall–Kier alpha value is -2.75. The fraction of sp³-hybridized carbons (Fsp3) is 0.304. The summed E-state index contributed by atoms with van der Waals surface area (Å²) in [6, 6.07) is 16.1. The van der Waals surface area contributed by atoms with Gasteiger partial charge in [-0.3, -0.25) is 4.79 Å². The maximum absolute atomic E-state index is 13.3. The third-order valence-corrected chi connectivity index (χ3v) is 5.53. The summed E-state index contributed by atoms with van der Waals surface area (Å²) in [6.07, 6.45) is 5.75. The lowest BCUT2D eigenvalue weighted by Gasteiger charge is -2.31. The van der Waals surface area contributed by atoms with Crippen molar-refractivity contribution in [3.8, 4) is 11.3 Å². The molecule has 1 saturated carbocycles. The highest BCUT2D eigenvalue weighted by Gasteiger charge is 2.25. The molecule has 27 heavy (non-hydrogen) atoms. The highest BCUT2D eigenvalue weighted by molar-refractivity contribution is 6.07. The number of carbonyl (C=O) groups excluding carboxylic acids is 1. The van der Waals surface area contributed by atoms with E-state index in [4.69, 9.17) is 4.98 Å². The lowest BCUT2D eigenvalue weighted by molar-refractivity contribution is 0.0698. The second-order valence-electron chi connectivity index (χ2n) is 7.29. The summed E-state index contributed by atoms with van der Waals surface area (Å²) in [7, 11) is 1.91. The van der Waals surface area contributed by atoms with Gasteiger partial charge in [0.05, 0.1) is 16.8 Å². The molecule has 0 radical (unpaired) electrons. The van der Waals surface area contributed by atoms with Crippen LogP contribution in [0, 0.1) is 5.82 Å². The van der Waals surface area contributed by atoms with Gasteiger partial charge in [0.1, 0.15) is 5.82 Å². The maximum Gasteiger partial charge on any atom is 0.254 e. The smallest absolute Gasteiger partial charge is 0.254 e. The Balaban J connectivity index is 1.78. The Morgan fingerprint density at radius 2 is 1.74 bits per heavy atom. The fourth-order valence-electron chi connectivity index (χ4n) is 3.95. The first kappa shape index (κ1) is 17.7. The van der Waals surface area contributed by atoms with Crippen molar-refractivity contribution in [3.63, 3.8) is 0 Å². The van der Waals surface area contributed by atoms with Gasteiger partial charge in [-0.2, -0.15) is 0 Å². The molecule has 0 spiro atoms. The van der Waals surface area contributed by atoms with Gasteiger partial charge in [-0.1, -0.05) is 37.5 Å². The maximum atomic E-state index is 13.3. The number of carbonyl (C=O) groups is 1. The molecular formula is C23H23FN2O. The second-order valence-corrected chi connectivity index (χ2v) is 7.29. The first-order chi connectivity index (χ1) is 13.1. The van der Waals surface area contributed by atoms with Crippen molar-refractivity contribution in [2.45, 2.75) is 38.1 Å². The number of nitrogens with zero attached hydrogens (tertiary/aromatic N) is 2. The minimum Gasteiger partial charge on any atom is -0.339 e. The third-order valence-electron chi connectivity index (χ3n) is 5.53. The van der Waals surface area contributed by atoms with Gasteiger partial charge in [0.15, 0.2) is 0 Å². The molecule has 0 N–H and O–H groups in total. The first-order valence-corrected chi connectivity index (χ1v) is 9.56. The molecule has 0 bridgehead atoms. The number of aromatic nitrogens is 1. The van der Waals surface area contributed by atoms with Crippen molar-refractivity contribution in [2.75, 3.05) is 7.05 Å². The van der Waals surface area contributed by atoms with E-state index in [1.807, 2.05) is 42.3 Å². The van der Waals surface area contributed by atoms with Gasteiger partial charge >= 0.3 is 0 Å². The van der Waals surface area contributed by atoms with Crippen LogP contribution < -0.4 is 0 Å². The summed E-state index contributed by atoms with van der Waals surface area (Å²) in [5.74, 6) is -0.253. The summed E-state index contributed by atoms with van der Waals surface area (Å²) in [5, 5.41) is 0.857. The van der Waals surface area contributed by atoms with Crippen LogP contribution in [-0.2, 0) is 0 Å². The molecular weight excluding hydrogens is 339 g/mol. The summed E-state index contributed by atoms with van der Waals surface area (Å²) >= 11 is 0. The van der Waals surface area contributed by atoms with E-state index in [0.717, 1.165) is 29.3 Å². The molecule has 4 rings (SSSR count). The van der Waals surface area contributed by atoms with Gasteiger partial charge < -0.3 is 4.90 Å². The van der Waals surface area contributed by atoms with Crippen molar-refractivity contribution in [1.82, 2.24) is 9.88 Å². The van der Waals surface area contributed by atoms with Crippen LogP contribution in [0.1, 0.15) is 42.5 Å². The Morgan fingerprint density at radius 3 is 2.48 bits per heavy atom. The number of fused-ring (bicyclic) bond motifs is 1. The molecule has 4 heteroatoms. The van der Waals surface area contributed by atoms with E-state index in [-0.39, 0.29) is 11.7 Å². The molecule has 1 amide bonds. The number of hydrogen-bond acceptors (Lipinski definition) is 2. The van der Waals surface area contributed by atoms with Gasteiger partial charge in [-0.15, -0.1) is 0 Å². The Kier molecular flexibility index (Phi) is 4.88. The zero-order chi connectivity index (χ0) is 18.8. The topological polar surface area (TPSA) is 33.2 Å². The molecule has 138 valence electrons. The lowest BCUT2D eigenvalue weighted by Crippen LogP contribution is -2.38. The summed E-state index contributed by atoms with van der Waals surface area (Å²) in [4.78, 5) is 19.9. The zero-order valence-corrected chi connectivity index (χ0v) is 15.5. The number of amides is 1. The number of halogens is 1. The first-order valence-electron chi connectivity index (χ1n) is 9.56. The Morgan fingerprint density at radius 1 is 1.04 bits per heavy atom. The molecule has 1 heterocycles. The molecule has 0 aliphatic heterocycles. The molecule has 1 fully saturated rings. The molecule has 1 aliphatic rings. The van der Waals surface area contributed by atoms with Gasteiger partial charge in [-0.05, 0) is 49.2 Å². The van der Waals surface area contributed by atoms with Gasteiger partial charge in [0.2, 0.25) is 0 Å². The molecule has 0 saturated heterocycles. The van der Waals surface area contributed by atoms with Gasteiger partial charge in [0, 0.05) is 24.0 Å². The number of benzene rings is 2. The number of hydrogen-bond donors (Lipinski definition) is 0. The van der Waals surface area contributed by atoms with E-state index < -0.39 is 0 Å². The van der Waals surface area contributed by atoms with E-state index in [1.54, 1.807) is 12.1 Å². The highest BCUT2D eigenvalue weighted by atomic mass is 19.1. The minimum absolute atomic E-state index is 0.0314. The molecule has 1 aromatic heterocycles. The number of rotatable bonds is 3. The monoisotopic (exact) mass is 362 g/mol. The van der Waals surface area contributed by atoms with Crippen LogP contribution in [0.25, 0.3) is 22.2 Å². The van der Waals surface area contributed by atoms with Crippen molar-refractivity contribution in [2.24, 2.45) is 0 Å². The summed E-state index contributed by atoms with van der Waals surface area (Å²) in [6.45, 7) is 0.